The molecule has 2 N–H and O–H groups in total. The molecule has 0 saturated carbocycles. The van der Waals surface area contributed by atoms with E-state index in [9.17, 15) is 22.8 Å². The van der Waals surface area contributed by atoms with Crippen LogP contribution in [0, 0.1) is 0 Å². The average molecular weight is 437 g/mol. The first-order chi connectivity index (χ1) is 14.2. The number of benzene rings is 2. The molecule has 0 saturated heterocycles. The summed E-state index contributed by atoms with van der Waals surface area (Å²) >= 11 is 6.10. The standard InChI is InChI=1S/C20H16ClF3N4O2/c1-12(18(29)27-14-7-3-2-4-8-14)26-16-11-25-28(19(30)17(16)21)15-9-5-6-13(10-15)20(22,23)24/h2-12,26H,1H3,(H,27,29). The molecule has 156 valence electrons. The minimum Gasteiger partial charge on any atom is -0.371 e. The fraction of sp³-hybridized carbons (Fsp3) is 0.150. The number of aromatic nitrogens is 2. The van der Waals surface area contributed by atoms with E-state index in [0.717, 1.165) is 16.8 Å². The van der Waals surface area contributed by atoms with Gasteiger partial charge in [-0.3, -0.25) is 9.59 Å². The first kappa shape index (κ1) is 21.4. The van der Waals surface area contributed by atoms with Crippen molar-refractivity contribution in [3.05, 3.63) is 81.7 Å². The lowest BCUT2D eigenvalue weighted by molar-refractivity contribution is -0.137. The highest BCUT2D eigenvalue weighted by Crippen LogP contribution is 2.30. The zero-order valence-electron chi connectivity index (χ0n) is 15.6. The van der Waals surface area contributed by atoms with Crippen molar-refractivity contribution >= 4 is 28.9 Å². The lowest BCUT2D eigenvalue weighted by Crippen LogP contribution is -2.33. The van der Waals surface area contributed by atoms with Crippen LogP contribution < -0.4 is 16.2 Å². The average Bonchev–Trinajstić information content (AvgIpc) is 2.71. The van der Waals surface area contributed by atoms with Gasteiger partial charge in [-0.15, -0.1) is 0 Å². The molecular weight excluding hydrogens is 421 g/mol. The zero-order valence-corrected chi connectivity index (χ0v) is 16.3. The predicted octanol–water partition coefficient (Wildman–Crippen LogP) is 4.34. The van der Waals surface area contributed by atoms with Crippen LogP contribution in [0.5, 0.6) is 0 Å². The van der Waals surface area contributed by atoms with Gasteiger partial charge >= 0.3 is 6.18 Å². The molecule has 6 nitrogen and oxygen atoms in total. The van der Waals surface area contributed by atoms with Gasteiger partial charge in [0, 0.05) is 5.69 Å². The van der Waals surface area contributed by atoms with Crippen molar-refractivity contribution in [1.29, 1.82) is 0 Å². The highest BCUT2D eigenvalue weighted by atomic mass is 35.5. The third-order valence-corrected chi connectivity index (χ3v) is 4.51. The number of hydrogen-bond donors (Lipinski definition) is 2. The zero-order chi connectivity index (χ0) is 21.9. The summed E-state index contributed by atoms with van der Waals surface area (Å²) in [6.45, 7) is 1.56. The van der Waals surface area contributed by atoms with Gasteiger partial charge in [0.15, 0.2) is 0 Å². The number of amides is 1. The summed E-state index contributed by atoms with van der Waals surface area (Å²) in [6.07, 6.45) is -3.39. The van der Waals surface area contributed by atoms with Crippen molar-refractivity contribution in [2.75, 3.05) is 10.6 Å². The number of nitrogens with zero attached hydrogens (tertiary/aromatic N) is 2. The highest BCUT2D eigenvalue weighted by Gasteiger charge is 2.30. The van der Waals surface area contributed by atoms with Crippen LogP contribution >= 0.6 is 11.6 Å². The molecular formula is C20H16ClF3N4O2. The third-order valence-electron chi connectivity index (χ3n) is 4.14. The smallest absolute Gasteiger partial charge is 0.371 e. The van der Waals surface area contributed by atoms with E-state index in [1.165, 1.54) is 18.3 Å². The molecule has 3 aromatic rings. The molecule has 0 aliphatic heterocycles. The van der Waals surface area contributed by atoms with Gasteiger partial charge in [-0.2, -0.15) is 23.0 Å². The summed E-state index contributed by atoms with van der Waals surface area (Å²) in [5, 5.41) is 9.07. The van der Waals surface area contributed by atoms with Crippen molar-refractivity contribution in [1.82, 2.24) is 9.78 Å². The highest BCUT2D eigenvalue weighted by molar-refractivity contribution is 6.33. The molecule has 0 radical (unpaired) electrons. The second-order valence-corrected chi connectivity index (χ2v) is 6.74. The van der Waals surface area contributed by atoms with E-state index in [4.69, 9.17) is 11.6 Å². The van der Waals surface area contributed by atoms with Crippen LogP contribution in [0.3, 0.4) is 0 Å². The summed E-state index contributed by atoms with van der Waals surface area (Å²) < 4.78 is 39.5. The van der Waals surface area contributed by atoms with Crippen LogP contribution in [0.15, 0.2) is 65.6 Å². The van der Waals surface area contributed by atoms with E-state index < -0.39 is 23.3 Å². The van der Waals surface area contributed by atoms with E-state index in [1.54, 1.807) is 31.2 Å². The molecule has 1 amide bonds. The monoisotopic (exact) mass is 436 g/mol. The number of carbonyl (C=O) groups excluding carboxylic acids is 1. The number of carbonyl (C=O) groups is 1. The molecule has 0 fully saturated rings. The van der Waals surface area contributed by atoms with Crippen LogP contribution in [-0.2, 0) is 11.0 Å². The minimum absolute atomic E-state index is 0.0839. The van der Waals surface area contributed by atoms with Crippen molar-refractivity contribution in [3.63, 3.8) is 0 Å². The maximum absolute atomic E-state index is 12.9. The van der Waals surface area contributed by atoms with Gasteiger partial charge in [0.25, 0.3) is 5.56 Å². The molecule has 2 aromatic carbocycles. The topological polar surface area (TPSA) is 76.0 Å². The van der Waals surface area contributed by atoms with Gasteiger partial charge < -0.3 is 10.6 Å². The Morgan fingerprint density at radius 1 is 1.13 bits per heavy atom. The molecule has 1 aromatic heterocycles. The Kier molecular flexibility index (Phi) is 6.12. The number of para-hydroxylation sites is 1. The molecule has 0 aliphatic rings. The molecule has 0 spiro atoms. The second kappa shape index (κ2) is 8.58. The largest absolute Gasteiger partial charge is 0.416 e. The normalized spacial score (nSPS) is 12.3. The van der Waals surface area contributed by atoms with Gasteiger partial charge in [-0.1, -0.05) is 35.9 Å². The number of alkyl halides is 3. The van der Waals surface area contributed by atoms with E-state index in [2.05, 4.69) is 15.7 Å². The summed E-state index contributed by atoms with van der Waals surface area (Å²) in [7, 11) is 0. The van der Waals surface area contributed by atoms with Crippen molar-refractivity contribution in [2.45, 2.75) is 19.1 Å². The lowest BCUT2D eigenvalue weighted by atomic mass is 10.2. The van der Waals surface area contributed by atoms with Crippen LogP contribution in [0.4, 0.5) is 24.5 Å². The number of hydrogen-bond acceptors (Lipinski definition) is 4. The molecule has 3 rings (SSSR count). The Balaban J connectivity index is 1.81. The van der Waals surface area contributed by atoms with Crippen LogP contribution in [0.2, 0.25) is 5.02 Å². The summed E-state index contributed by atoms with van der Waals surface area (Å²) in [5.74, 6) is -0.376. The Hall–Kier alpha value is -3.33. The maximum atomic E-state index is 12.9. The molecule has 1 unspecified atom stereocenters. The molecule has 10 heteroatoms. The number of halogens is 4. The Morgan fingerprint density at radius 3 is 2.50 bits per heavy atom. The van der Waals surface area contributed by atoms with Gasteiger partial charge in [-0.25, -0.2) is 0 Å². The quantitative estimate of drug-likeness (QED) is 0.623. The number of anilines is 2. The Bertz CT molecular complexity index is 1120. The molecule has 0 bridgehead atoms. The first-order valence-corrected chi connectivity index (χ1v) is 9.12. The van der Waals surface area contributed by atoms with Gasteiger partial charge in [0.05, 0.1) is 23.1 Å². The molecule has 1 heterocycles. The maximum Gasteiger partial charge on any atom is 0.416 e. The van der Waals surface area contributed by atoms with Crippen molar-refractivity contribution in [2.24, 2.45) is 0 Å². The fourth-order valence-electron chi connectivity index (χ4n) is 2.60. The summed E-state index contributed by atoms with van der Waals surface area (Å²) in [4.78, 5) is 24.8. The van der Waals surface area contributed by atoms with Gasteiger partial charge in [-0.05, 0) is 37.3 Å². The third kappa shape index (κ3) is 4.80. The SMILES string of the molecule is CC(Nc1cnn(-c2cccc(C(F)(F)F)c2)c(=O)c1Cl)C(=O)Nc1ccccc1. The molecule has 0 aliphatic carbocycles. The van der Waals surface area contributed by atoms with E-state index in [0.29, 0.717) is 5.69 Å². The number of nitrogens with one attached hydrogen (secondary N) is 2. The van der Waals surface area contributed by atoms with Gasteiger partial charge in [0.1, 0.15) is 11.1 Å². The minimum atomic E-state index is -4.56. The number of rotatable bonds is 5. The second-order valence-electron chi connectivity index (χ2n) is 6.36. The molecule has 30 heavy (non-hydrogen) atoms. The van der Waals surface area contributed by atoms with E-state index in [1.807, 2.05) is 6.07 Å². The van der Waals surface area contributed by atoms with Gasteiger partial charge in [0.2, 0.25) is 5.91 Å². The Labute approximate surface area is 174 Å². The van der Waals surface area contributed by atoms with E-state index >= 15 is 0 Å². The Morgan fingerprint density at radius 2 is 1.83 bits per heavy atom. The summed E-state index contributed by atoms with van der Waals surface area (Å²) in [5.41, 5.74) is -1.14. The lowest BCUT2D eigenvalue weighted by Gasteiger charge is -2.16. The van der Waals surface area contributed by atoms with Crippen LogP contribution in [0.1, 0.15) is 12.5 Å². The van der Waals surface area contributed by atoms with E-state index in [-0.39, 0.29) is 22.3 Å². The summed E-state index contributed by atoms with van der Waals surface area (Å²) in [6, 6.07) is 12.2. The fourth-order valence-corrected chi connectivity index (χ4v) is 2.79. The predicted molar refractivity (Wildman–Crippen MR) is 108 cm³/mol. The van der Waals surface area contributed by atoms with Crippen molar-refractivity contribution < 1.29 is 18.0 Å². The van der Waals surface area contributed by atoms with Crippen LogP contribution in [0.25, 0.3) is 5.69 Å². The van der Waals surface area contributed by atoms with Crippen molar-refractivity contribution in [3.8, 4) is 5.69 Å². The molecule has 1 atom stereocenters. The first-order valence-electron chi connectivity index (χ1n) is 8.75. The van der Waals surface area contributed by atoms with Crippen LogP contribution in [-0.4, -0.2) is 21.7 Å².